The molecule has 4 nitrogen and oxygen atoms in total. The molecule has 1 saturated carbocycles. The molecule has 1 aliphatic heterocycles. The number of rotatable bonds is 4. The van der Waals surface area contributed by atoms with Crippen molar-refractivity contribution in [1.29, 1.82) is 0 Å². The third-order valence-corrected chi connectivity index (χ3v) is 5.62. The van der Waals surface area contributed by atoms with E-state index in [1.165, 1.54) is 6.42 Å². The molecule has 2 aliphatic rings. The van der Waals surface area contributed by atoms with E-state index in [9.17, 15) is 4.79 Å². The average molecular weight is 328 g/mol. The summed E-state index contributed by atoms with van der Waals surface area (Å²) in [4.78, 5) is 13.5. The van der Waals surface area contributed by atoms with Gasteiger partial charge in [-0.15, -0.1) is 0 Å². The van der Waals surface area contributed by atoms with Gasteiger partial charge in [0.05, 0.1) is 0 Å². The molecule has 1 aromatic carbocycles. The number of benzene rings is 1. The van der Waals surface area contributed by atoms with Crippen molar-refractivity contribution in [3.8, 4) is 0 Å². The topological polar surface area (TPSA) is 54.3 Å². The Morgan fingerprint density at radius 3 is 2.65 bits per heavy atom. The molecule has 2 heterocycles. The molecule has 2 bridgehead atoms. The molecule has 0 radical (unpaired) electrons. The number of carbonyl (C=O) groups is 1. The first kappa shape index (κ1) is 14.8. The number of furan rings is 1. The van der Waals surface area contributed by atoms with Crippen molar-refractivity contribution in [2.75, 3.05) is 6.54 Å². The van der Waals surface area contributed by atoms with E-state index < -0.39 is 0 Å². The van der Waals surface area contributed by atoms with Crippen molar-refractivity contribution in [2.24, 2.45) is 5.92 Å². The van der Waals surface area contributed by atoms with Crippen LogP contribution in [0.4, 0.5) is 0 Å². The van der Waals surface area contributed by atoms with Gasteiger partial charge in [-0.3, -0.25) is 4.79 Å². The zero-order valence-electron chi connectivity index (χ0n) is 13.0. The fraction of sp³-hybridized carbons (Fsp3) is 0.389. The summed E-state index contributed by atoms with van der Waals surface area (Å²) in [6, 6.07) is 12.4. The molecule has 1 saturated heterocycles. The van der Waals surface area contributed by atoms with Crippen LogP contribution in [0.3, 0.4) is 0 Å². The van der Waals surface area contributed by atoms with Gasteiger partial charge in [0, 0.05) is 22.5 Å². The lowest BCUT2D eigenvalue weighted by molar-refractivity contribution is 0.0928. The standard InChI is InChI=1S/C18H20N2O2S/c1-11-2-7-17(22-11)23-14-5-3-13(4-6-14)18(21)20-16-9-12-8-15(16)19-10-12/h2-7,12,15-16,19H,8-10H2,1H3,(H,20,21). The zero-order valence-corrected chi connectivity index (χ0v) is 13.9. The summed E-state index contributed by atoms with van der Waals surface area (Å²) in [5.74, 6) is 1.67. The van der Waals surface area contributed by atoms with E-state index in [1.54, 1.807) is 11.8 Å². The van der Waals surface area contributed by atoms with Gasteiger partial charge in [-0.05, 0) is 68.6 Å². The van der Waals surface area contributed by atoms with Gasteiger partial charge in [-0.2, -0.15) is 0 Å². The molecular formula is C18H20N2O2S. The number of piperidine rings is 1. The Bertz CT molecular complexity index is 710. The lowest BCUT2D eigenvalue weighted by atomic mass is 10.1. The fourth-order valence-electron chi connectivity index (χ4n) is 3.52. The van der Waals surface area contributed by atoms with Gasteiger partial charge in [0.25, 0.3) is 5.91 Å². The second kappa shape index (κ2) is 6.06. The second-order valence-electron chi connectivity index (χ2n) is 6.42. The van der Waals surface area contributed by atoms with Crippen LogP contribution in [-0.2, 0) is 0 Å². The minimum Gasteiger partial charge on any atom is -0.455 e. The maximum Gasteiger partial charge on any atom is 0.251 e. The summed E-state index contributed by atoms with van der Waals surface area (Å²) in [7, 11) is 0. The van der Waals surface area contributed by atoms with E-state index in [-0.39, 0.29) is 11.9 Å². The molecule has 4 rings (SSSR count). The minimum atomic E-state index is 0.0229. The summed E-state index contributed by atoms with van der Waals surface area (Å²) < 4.78 is 5.56. The smallest absolute Gasteiger partial charge is 0.251 e. The lowest BCUT2D eigenvalue weighted by Gasteiger charge is -2.24. The molecule has 3 atom stereocenters. The monoisotopic (exact) mass is 328 g/mol. The molecule has 1 amide bonds. The number of nitrogens with one attached hydrogen (secondary N) is 2. The molecule has 2 N–H and O–H groups in total. The Morgan fingerprint density at radius 1 is 1.22 bits per heavy atom. The Balaban J connectivity index is 1.38. The maximum absolute atomic E-state index is 12.4. The molecule has 120 valence electrons. The molecule has 1 aliphatic carbocycles. The van der Waals surface area contributed by atoms with Crippen LogP contribution < -0.4 is 10.6 Å². The minimum absolute atomic E-state index is 0.0229. The molecule has 2 fully saturated rings. The van der Waals surface area contributed by atoms with Crippen molar-refractivity contribution in [1.82, 2.24) is 10.6 Å². The van der Waals surface area contributed by atoms with Gasteiger partial charge in [-0.25, -0.2) is 0 Å². The highest BCUT2D eigenvalue weighted by atomic mass is 32.2. The molecule has 1 aromatic heterocycles. The zero-order chi connectivity index (χ0) is 15.8. The van der Waals surface area contributed by atoms with Crippen LogP contribution in [0.15, 0.2) is 50.8 Å². The van der Waals surface area contributed by atoms with E-state index >= 15 is 0 Å². The van der Waals surface area contributed by atoms with Crippen molar-refractivity contribution in [3.05, 3.63) is 47.7 Å². The number of carbonyl (C=O) groups excluding carboxylic acids is 1. The Labute approximate surface area is 140 Å². The van der Waals surface area contributed by atoms with Crippen LogP contribution in [0.2, 0.25) is 0 Å². The Morgan fingerprint density at radius 2 is 2.04 bits per heavy atom. The number of aryl methyl sites for hydroxylation is 1. The highest BCUT2D eigenvalue weighted by molar-refractivity contribution is 7.99. The van der Waals surface area contributed by atoms with E-state index in [2.05, 4.69) is 10.6 Å². The van der Waals surface area contributed by atoms with Crippen LogP contribution in [0.5, 0.6) is 0 Å². The van der Waals surface area contributed by atoms with Gasteiger partial charge in [0.15, 0.2) is 5.09 Å². The van der Waals surface area contributed by atoms with Gasteiger partial charge in [-0.1, -0.05) is 11.8 Å². The van der Waals surface area contributed by atoms with Crippen LogP contribution >= 0.6 is 11.8 Å². The predicted octanol–water partition coefficient (Wildman–Crippen LogP) is 3.22. The first-order valence-electron chi connectivity index (χ1n) is 8.06. The van der Waals surface area contributed by atoms with E-state index in [0.29, 0.717) is 11.6 Å². The predicted molar refractivity (Wildman–Crippen MR) is 89.8 cm³/mol. The first-order valence-corrected chi connectivity index (χ1v) is 8.87. The van der Waals surface area contributed by atoms with E-state index in [0.717, 1.165) is 34.6 Å². The average Bonchev–Trinajstić information content (AvgIpc) is 3.25. The molecular weight excluding hydrogens is 308 g/mol. The van der Waals surface area contributed by atoms with Crippen LogP contribution in [0.25, 0.3) is 0 Å². The number of hydrogen-bond acceptors (Lipinski definition) is 4. The third kappa shape index (κ3) is 3.16. The largest absolute Gasteiger partial charge is 0.455 e. The molecule has 5 heteroatoms. The van der Waals surface area contributed by atoms with Crippen LogP contribution in [-0.4, -0.2) is 24.5 Å². The van der Waals surface area contributed by atoms with Crippen molar-refractivity contribution < 1.29 is 9.21 Å². The van der Waals surface area contributed by atoms with Gasteiger partial charge >= 0.3 is 0 Å². The SMILES string of the molecule is Cc1ccc(Sc2ccc(C(=O)NC3CC4CNC3C4)cc2)o1. The Kier molecular flexibility index (Phi) is 3.91. The highest BCUT2D eigenvalue weighted by Gasteiger charge is 2.39. The quantitative estimate of drug-likeness (QED) is 0.905. The summed E-state index contributed by atoms with van der Waals surface area (Å²) in [5.41, 5.74) is 0.716. The molecule has 3 unspecified atom stereocenters. The number of fused-ring (bicyclic) bond motifs is 2. The first-order chi connectivity index (χ1) is 11.2. The third-order valence-electron chi connectivity index (χ3n) is 4.70. The van der Waals surface area contributed by atoms with Gasteiger partial charge in [0.2, 0.25) is 0 Å². The molecule has 2 aromatic rings. The van der Waals surface area contributed by atoms with Crippen molar-refractivity contribution in [3.63, 3.8) is 0 Å². The lowest BCUT2D eigenvalue weighted by Crippen LogP contribution is -2.47. The summed E-state index contributed by atoms with van der Waals surface area (Å²) >= 11 is 1.56. The summed E-state index contributed by atoms with van der Waals surface area (Å²) in [6.45, 7) is 3.04. The number of hydrogen-bond donors (Lipinski definition) is 2. The Hall–Kier alpha value is -1.72. The highest BCUT2D eigenvalue weighted by Crippen LogP contribution is 2.32. The maximum atomic E-state index is 12.4. The van der Waals surface area contributed by atoms with Crippen molar-refractivity contribution in [2.45, 2.75) is 41.8 Å². The second-order valence-corrected chi connectivity index (χ2v) is 7.50. The summed E-state index contributed by atoms with van der Waals surface area (Å²) in [6.07, 6.45) is 2.30. The van der Waals surface area contributed by atoms with Gasteiger partial charge in [0.1, 0.15) is 5.76 Å². The van der Waals surface area contributed by atoms with E-state index in [1.807, 2.05) is 43.3 Å². The van der Waals surface area contributed by atoms with Crippen LogP contribution in [0.1, 0.15) is 29.0 Å². The number of amides is 1. The summed E-state index contributed by atoms with van der Waals surface area (Å²) in [5, 5.41) is 7.51. The van der Waals surface area contributed by atoms with Gasteiger partial charge < -0.3 is 15.1 Å². The van der Waals surface area contributed by atoms with E-state index in [4.69, 9.17) is 4.42 Å². The molecule has 0 spiro atoms. The molecule has 23 heavy (non-hydrogen) atoms. The van der Waals surface area contributed by atoms with Crippen molar-refractivity contribution >= 4 is 17.7 Å². The van der Waals surface area contributed by atoms with Crippen LogP contribution in [0, 0.1) is 12.8 Å². The normalized spacial score (nSPS) is 25.7. The fourth-order valence-corrected chi connectivity index (χ4v) is 4.34.